The standard InChI is InChI=1S/C17H24N2O3/c1-17(2,3)8-13(18)16(20)19-12-4-10-6-14-15(22-9-21-14)7-11(10)5-12/h6-7,12-13H,4-5,8-9,18H2,1-3H3,(H,19,20). The largest absolute Gasteiger partial charge is 0.454 e. The van der Waals surface area contributed by atoms with Crippen molar-refractivity contribution in [2.45, 2.75) is 52.1 Å². The Morgan fingerprint density at radius 1 is 1.27 bits per heavy atom. The van der Waals surface area contributed by atoms with Crippen LogP contribution in [0, 0.1) is 5.41 Å². The summed E-state index contributed by atoms with van der Waals surface area (Å²) in [5.41, 5.74) is 8.50. The predicted octanol–water partition coefficient (Wildman–Crippen LogP) is 1.76. The third-order valence-corrected chi connectivity index (χ3v) is 4.14. The summed E-state index contributed by atoms with van der Waals surface area (Å²) in [5.74, 6) is 1.54. The molecular formula is C17H24N2O3. The van der Waals surface area contributed by atoms with Gasteiger partial charge in [0, 0.05) is 6.04 Å². The van der Waals surface area contributed by atoms with Crippen molar-refractivity contribution in [1.29, 1.82) is 0 Å². The quantitative estimate of drug-likeness (QED) is 0.892. The van der Waals surface area contributed by atoms with Crippen LogP contribution in [0.4, 0.5) is 0 Å². The van der Waals surface area contributed by atoms with Crippen LogP contribution in [0.15, 0.2) is 12.1 Å². The molecule has 0 saturated heterocycles. The molecule has 0 fully saturated rings. The normalized spacial score (nSPS) is 18.2. The minimum atomic E-state index is -0.458. The van der Waals surface area contributed by atoms with Crippen LogP contribution in [-0.4, -0.2) is 24.8 Å². The van der Waals surface area contributed by atoms with Crippen LogP contribution in [0.5, 0.6) is 11.5 Å². The highest BCUT2D eigenvalue weighted by molar-refractivity contribution is 5.82. The van der Waals surface area contributed by atoms with Crippen molar-refractivity contribution in [3.63, 3.8) is 0 Å². The van der Waals surface area contributed by atoms with Crippen molar-refractivity contribution in [1.82, 2.24) is 5.32 Å². The molecule has 0 radical (unpaired) electrons. The van der Waals surface area contributed by atoms with E-state index in [4.69, 9.17) is 15.2 Å². The van der Waals surface area contributed by atoms with Crippen LogP contribution in [0.3, 0.4) is 0 Å². The lowest BCUT2D eigenvalue weighted by molar-refractivity contribution is -0.123. The molecule has 3 rings (SSSR count). The number of amides is 1. The van der Waals surface area contributed by atoms with Gasteiger partial charge in [0.25, 0.3) is 0 Å². The Morgan fingerprint density at radius 3 is 2.32 bits per heavy atom. The van der Waals surface area contributed by atoms with Gasteiger partial charge in [-0.2, -0.15) is 0 Å². The van der Waals surface area contributed by atoms with Crippen molar-refractivity contribution >= 4 is 5.91 Å². The maximum atomic E-state index is 12.2. The number of hydrogen-bond acceptors (Lipinski definition) is 4. The maximum Gasteiger partial charge on any atom is 0.237 e. The Balaban J connectivity index is 1.61. The smallest absolute Gasteiger partial charge is 0.237 e. The van der Waals surface area contributed by atoms with E-state index < -0.39 is 6.04 Å². The van der Waals surface area contributed by atoms with Gasteiger partial charge in [-0.25, -0.2) is 0 Å². The van der Waals surface area contributed by atoms with Gasteiger partial charge in [0.2, 0.25) is 12.7 Å². The number of nitrogens with one attached hydrogen (secondary N) is 1. The Kier molecular flexibility index (Phi) is 3.77. The molecule has 0 spiro atoms. The Morgan fingerprint density at radius 2 is 1.82 bits per heavy atom. The fourth-order valence-electron chi connectivity index (χ4n) is 3.17. The van der Waals surface area contributed by atoms with Gasteiger partial charge in [-0.1, -0.05) is 20.8 Å². The van der Waals surface area contributed by atoms with Gasteiger partial charge in [-0.15, -0.1) is 0 Å². The second-order valence-electron chi connectivity index (χ2n) is 7.46. The van der Waals surface area contributed by atoms with Gasteiger partial charge in [-0.05, 0) is 47.9 Å². The van der Waals surface area contributed by atoms with Crippen molar-refractivity contribution in [3.8, 4) is 11.5 Å². The van der Waals surface area contributed by atoms with Crippen LogP contribution in [-0.2, 0) is 17.6 Å². The summed E-state index contributed by atoms with van der Waals surface area (Å²) in [4.78, 5) is 12.2. The minimum Gasteiger partial charge on any atom is -0.454 e. The molecule has 3 N–H and O–H groups in total. The molecule has 5 heteroatoms. The lowest BCUT2D eigenvalue weighted by Gasteiger charge is -2.23. The van der Waals surface area contributed by atoms with E-state index in [1.807, 2.05) is 12.1 Å². The topological polar surface area (TPSA) is 73.6 Å². The number of rotatable bonds is 3. The molecule has 1 aromatic carbocycles. The number of nitrogens with two attached hydrogens (primary N) is 1. The molecule has 1 aliphatic carbocycles. The van der Waals surface area contributed by atoms with Crippen molar-refractivity contribution in [2.24, 2.45) is 11.1 Å². The van der Waals surface area contributed by atoms with E-state index in [1.54, 1.807) is 0 Å². The van der Waals surface area contributed by atoms with Crippen LogP contribution in [0.25, 0.3) is 0 Å². The lowest BCUT2D eigenvalue weighted by Crippen LogP contribution is -2.47. The van der Waals surface area contributed by atoms with Crippen molar-refractivity contribution < 1.29 is 14.3 Å². The summed E-state index contributed by atoms with van der Waals surface area (Å²) in [6.07, 6.45) is 2.31. The fourth-order valence-corrected chi connectivity index (χ4v) is 3.17. The van der Waals surface area contributed by atoms with E-state index in [0.717, 1.165) is 24.3 Å². The van der Waals surface area contributed by atoms with Crippen molar-refractivity contribution in [2.75, 3.05) is 6.79 Å². The molecule has 2 aliphatic rings. The molecule has 0 aromatic heterocycles. The van der Waals surface area contributed by atoms with Gasteiger partial charge < -0.3 is 20.5 Å². The molecule has 0 saturated carbocycles. The zero-order valence-electron chi connectivity index (χ0n) is 13.4. The zero-order valence-corrected chi connectivity index (χ0v) is 13.4. The summed E-state index contributed by atoms with van der Waals surface area (Å²) in [7, 11) is 0. The fraction of sp³-hybridized carbons (Fsp3) is 0.588. The van der Waals surface area contributed by atoms with E-state index in [9.17, 15) is 4.79 Å². The molecular weight excluding hydrogens is 280 g/mol. The first kappa shape index (κ1) is 15.2. The third-order valence-electron chi connectivity index (χ3n) is 4.14. The molecule has 1 heterocycles. The Bertz CT molecular complexity index is 559. The van der Waals surface area contributed by atoms with E-state index in [1.165, 1.54) is 11.1 Å². The van der Waals surface area contributed by atoms with Gasteiger partial charge in [0.05, 0.1) is 6.04 Å². The number of ether oxygens (including phenoxy) is 2. The monoisotopic (exact) mass is 304 g/mol. The number of benzene rings is 1. The highest BCUT2D eigenvalue weighted by Crippen LogP contribution is 2.38. The summed E-state index contributed by atoms with van der Waals surface area (Å²) >= 11 is 0. The highest BCUT2D eigenvalue weighted by Gasteiger charge is 2.29. The minimum absolute atomic E-state index is 0.0465. The number of carbonyl (C=O) groups is 1. The SMILES string of the molecule is CC(C)(C)CC(N)C(=O)NC1Cc2cc3c(cc2C1)OCO3. The first-order valence-corrected chi connectivity index (χ1v) is 7.79. The summed E-state index contributed by atoms with van der Waals surface area (Å²) in [5, 5.41) is 3.08. The Labute approximate surface area is 131 Å². The van der Waals surface area contributed by atoms with Crippen LogP contribution in [0.1, 0.15) is 38.3 Å². The molecule has 1 unspecified atom stereocenters. The molecule has 120 valence electrons. The van der Waals surface area contributed by atoms with Crippen LogP contribution < -0.4 is 20.5 Å². The van der Waals surface area contributed by atoms with Gasteiger partial charge in [0.15, 0.2) is 11.5 Å². The average Bonchev–Trinajstić information content (AvgIpc) is 2.98. The van der Waals surface area contributed by atoms with E-state index in [0.29, 0.717) is 13.2 Å². The summed E-state index contributed by atoms with van der Waals surface area (Å²) in [6, 6.07) is 3.70. The molecule has 1 aliphatic heterocycles. The molecule has 1 aromatic rings. The first-order valence-electron chi connectivity index (χ1n) is 7.79. The summed E-state index contributed by atoms with van der Waals surface area (Å²) < 4.78 is 10.8. The maximum absolute atomic E-state index is 12.2. The highest BCUT2D eigenvalue weighted by atomic mass is 16.7. The molecule has 22 heavy (non-hydrogen) atoms. The molecule has 1 amide bonds. The Hall–Kier alpha value is -1.75. The number of fused-ring (bicyclic) bond motifs is 2. The zero-order chi connectivity index (χ0) is 15.9. The second-order valence-corrected chi connectivity index (χ2v) is 7.46. The van der Waals surface area contributed by atoms with Gasteiger partial charge in [0.1, 0.15) is 0 Å². The first-order chi connectivity index (χ1) is 10.3. The van der Waals surface area contributed by atoms with Crippen molar-refractivity contribution in [3.05, 3.63) is 23.3 Å². The van der Waals surface area contributed by atoms with E-state index in [-0.39, 0.29) is 17.4 Å². The molecule has 0 bridgehead atoms. The molecule has 1 atom stereocenters. The van der Waals surface area contributed by atoms with E-state index in [2.05, 4.69) is 26.1 Å². The van der Waals surface area contributed by atoms with E-state index >= 15 is 0 Å². The summed E-state index contributed by atoms with van der Waals surface area (Å²) in [6.45, 7) is 6.56. The lowest BCUT2D eigenvalue weighted by atomic mass is 9.88. The number of hydrogen-bond donors (Lipinski definition) is 2. The van der Waals surface area contributed by atoms with Crippen LogP contribution in [0.2, 0.25) is 0 Å². The van der Waals surface area contributed by atoms with Gasteiger partial charge >= 0.3 is 0 Å². The number of carbonyl (C=O) groups excluding carboxylic acids is 1. The predicted molar refractivity (Wildman–Crippen MR) is 84.0 cm³/mol. The average molecular weight is 304 g/mol. The second kappa shape index (κ2) is 5.47. The third kappa shape index (κ3) is 3.19. The molecule has 5 nitrogen and oxygen atoms in total. The van der Waals surface area contributed by atoms with Gasteiger partial charge in [-0.3, -0.25) is 4.79 Å². The van der Waals surface area contributed by atoms with Crippen LogP contribution >= 0.6 is 0 Å².